The molecule has 0 aromatic heterocycles. The Kier molecular flexibility index (Phi) is 6.57. The van der Waals surface area contributed by atoms with Crippen molar-refractivity contribution in [2.45, 2.75) is 43.3 Å². The Morgan fingerprint density at radius 1 is 0.680 bits per heavy atom. The Morgan fingerprint density at radius 3 is 1.32 bits per heavy atom. The number of hydrogen-bond acceptors (Lipinski definition) is 2. The number of nitrogens with zero attached hydrogens (tertiary/aromatic N) is 1. The molecule has 0 spiro atoms. The first-order chi connectivity index (χ1) is 10.6. The second-order valence-electron chi connectivity index (χ2n) is 4.16. The predicted molar refractivity (Wildman–Crippen MR) is 45.6 cm³/mol. The molecule has 0 N–H and O–H groups in total. The first kappa shape index (κ1) is 23.9. The summed E-state index contributed by atoms with van der Waals surface area (Å²) in [5, 5.41) is 0. The van der Waals surface area contributed by atoms with Crippen LogP contribution in [-0.2, 0) is 4.74 Å². The highest BCUT2D eigenvalue weighted by atomic mass is 19.4. The fourth-order valence-electron chi connectivity index (χ4n) is 1.12. The molecule has 0 heterocycles. The fourth-order valence-corrected chi connectivity index (χ4v) is 1.12. The van der Waals surface area contributed by atoms with Gasteiger partial charge in [0, 0.05) is 0 Å². The summed E-state index contributed by atoms with van der Waals surface area (Å²) in [6, 6.07) is 0. The minimum atomic E-state index is -6.83. The van der Waals surface area contributed by atoms with Crippen LogP contribution in [0.2, 0.25) is 0 Å². The molecule has 0 aliphatic rings. The van der Waals surface area contributed by atoms with Crippen molar-refractivity contribution in [3.05, 3.63) is 0 Å². The van der Waals surface area contributed by atoms with Gasteiger partial charge in [-0.1, -0.05) is 4.90 Å². The molecule has 0 aliphatic carbocycles. The van der Waals surface area contributed by atoms with Crippen LogP contribution in [0.5, 0.6) is 0 Å². The number of ether oxygens (including phenoxy) is 1. The van der Waals surface area contributed by atoms with Crippen LogP contribution in [0.3, 0.4) is 0 Å². The molecule has 0 aliphatic heterocycles. The van der Waals surface area contributed by atoms with Gasteiger partial charge in [0.05, 0.1) is 0 Å². The van der Waals surface area contributed by atoms with Crippen molar-refractivity contribution in [3.8, 4) is 0 Å². The molecule has 0 saturated heterocycles. The third-order valence-corrected chi connectivity index (χ3v) is 2.17. The molecule has 2 atom stereocenters. The second-order valence-corrected chi connectivity index (χ2v) is 4.16. The molecule has 0 saturated carbocycles. The van der Waals surface area contributed by atoms with E-state index in [1.165, 1.54) is 0 Å². The molecule has 0 amide bonds. The fraction of sp³-hybridized carbons (Fsp3) is 1.00. The number of halogens is 15. The molecule has 25 heavy (non-hydrogen) atoms. The van der Waals surface area contributed by atoms with Crippen molar-refractivity contribution in [1.82, 2.24) is 4.90 Å². The maximum absolute atomic E-state index is 12.9. The maximum atomic E-state index is 12.9. The summed E-state index contributed by atoms with van der Waals surface area (Å²) < 4.78 is 186. The zero-order chi connectivity index (χ0) is 20.6. The Balaban J connectivity index is 5.37. The van der Waals surface area contributed by atoms with Gasteiger partial charge in [-0.2, -0.15) is 48.3 Å². The van der Waals surface area contributed by atoms with Gasteiger partial charge in [-0.25, -0.2) is 17.6 Å². The number of rotatable bonds is 6. The lowest BCUT2D eigenvalue weighted by Gasteiger charge is -2.33. The first-order valence-electron chi connectivity index (χ1n) is 5.31. The predicted octanol–water partition coefficient (Wildman–Crippen LogP) is 4.77. The molecule has 2 nitrogen and oxygen atoms in total. The van der Waals surface area contributed by atoms with Gasteiger partial charge in [-0.05, 0) is 0 Å². The average Bonchev–Trinajstić information content (AvgIpc) is 2.31. The van der Waals surface area contributed by atoms with Crippen LogP contribution in [0, 0.1) is 0 Å². The standard InChI is InChI=1S/C8H4F15NO/c9-2(5(13,14)15)4(11,12)1-25-6(16,17)3(10)24(7(18,19)20)8(21,22)23/h2-3H,1H2. The topological polar surface area (TPSA) is 12.5 Å². The normalized spacial score (nSPS) is 17.8. The van der Waals surface area contributed by atoms with Gasteiger partial charge < -0.3 is 4.74 Å². The van der Waals surface area contributed by atoms with Crippen LogP contribution < -0.4 is 0 Å². The van der Waals surface area contributed by atoms with Gasteiger partial charge in [0.25, 0.3) is 12.5 Å². The summed E-state index contributed by atoms with van der Waals surface area (Å²) >= 11 is 0. The van der Waals surface area contributed by atoms with E-state index in [9.17, 15) is 65.9 Å². The van der Waals surface area contributed by atoms with Crippen molar-refractivity contribution in [1.29, 1.82) is 0 Å². The molecular weight excluding hydrogens is 411 g/mol. The summed E-state index contributed by atoms with van der Waals surface area (Å²) in [6.07, 6.45) is -37.0. The van der Waals surface area contributed by atoms with E-state index >= 15 is 0 Å². The third-order valence-electron chi connectivity index (χ3n) is 2.17. The van der Waals surface area contributed by atoms with E-state index in [1.54, 1.807) is 0 Å². The zero-order valence-electron chi connectivity index (χ0n) is 10.9. The van der Waals surface area contributed by atoms with Crippen molar-refractivity contribution in [2.75, 3.05) is 6.61 Å². The quantitative estimate of drug-likeness (QED) is 0.458. The van der Waals surface area contributed by atoms with Crippen molar-refractivity contribution >= 4 is 0 Å². The van der Waals surface area contributed by atoms with Crippen LogP contribution in [-0.4, -0.2) is 54.8 Å². The molecule has 17 heteroatoms. The highest BCUT2D eigenvalue weighted by molar-refractivity contribution is 4.84. The molecule has 0 fully saturated rings. The van der Waals surface area contributed by atoms with Crippen LogP contribution >= 0.6 is 0 Å². The molecule has 0 bridgehead atoms. The van der Waals surface area contributed by atoms with Gasteiger partial charge in [-0.3, -0.25) is 0 Å². The van der Waals surface area contributed by atoms with Crippen LogP contribution in [0.15, 0.2) is 0 Å². The summed E-state index contributed by atoms with van der Waals surface area (Å²) in [7, 11) is 0. The largest absolute Gasteiger partial charge is 0.469 e. The minimum absolute atomic E-state index is 2.40. The monoisotopic (exact) mass is 415 g/mol. The van der Waals surface area contributed by atoms with Crippen LogP contribution in [0.4, 0.5) is 65.9 Å². The van der Waals surface area contributed by atoms with E-state index in [-0.39, 0.29) is 0 Å². The summed E-state index contributed by atoms with van der Waals surface area (Å²) in [5.74, 6) is -5.86. The zero-order valence-corrected chi connectivity index (χ0v) is 10.9. The van der Waals surface area contributed by atoms with E-state index in [0.29, 0.717) is 0 Å². The minimum Gasteiger partial charge on any atom is -0.311 e. The van der Waals surface area contributed by atoms with E-state index in [4.69, 9.17) is 0 Å². The lowest BCUT2D eigenvalue weighted by molar-refractivity contribution is -0.439. The first-order valence-corrected chi connectivity index (χ1v) is 5.31. The second kappa shape index (κ2) is 6.88. The number of alkyl halides is 15. The van der Waals surface area contributed by atoms with Gasteiger partial charge in [-0.15, -0.1) is 0 Å². The van der Waals surface area contributed by atoms with Crippen molar-refractivity contribution in [3.63, 3.8) is 0 Å². The van der Waals surface area contributed by atoms with Gasteiger partial charge >= 0.3 is 30.8 Å². The molecule has 152 valence electrons. The van der Waals surface area contributed by atoms with Gasteiger partial charge in [0.2, 0.25) is 0 Å². The smallest absolute Gasteiger partial charge is 0.311 e. The van der Waals surface area contributed by atoms with E-state index in [0.717, 1.165) is 0 Å². The Morgan fingerprint density at radius 2 is 1.04 bits per heavy atom. The average molecular weight is 415 g/mol. The third kappa shape index (κ3) is 6.27. The Bertz CT molecular complexity index is 422. The molecule has 0 aromatic carbocycles. The lowest BCUT2D eigenvalue weighted by atomic mass is 10.2. The van der Waals surface area contributed by atoms with Crippen LogP contribution in [0.25, 0.3) is 0 Å². The Labute approximate surface area is 127 Å². The van der Waals surface area contributed by atoms with Crippen molar-refractivity contribution < 1.29 is 70.6 Å². The van der Waals surface area contributed by atoms with Crippen LogP contribution in [0.1, 0.15) is 0 Å². The van der Waals surface area contributed by atoms with Gasteiger partial charge in [0.15, 0.2) is 0 Å². The summed E-state index contributed by atoms with van der Waals surface area (Å²) in [5.41, 5.74) is 0. The SMILES string of the molecule is FC(C(F)(F)F)C(F)(F)COC(F)(F)C(F)N(C(F)(F)F)C(F)(F)F. The van der Waals surface area contributed by atoms with E-state index in [1.807, 2.05) is 0 Å². The molecule has 0 rings (SSSR count). The Hall–Kier alpha value is -1.13. The van der Waals surface area contributed by atoms with Gasteiger partial charge in [0.1, 0.15) is 6.61 Å². The highest BCUT2D eigenvalue weighted by Crippen LogP contribution is 2.42. The summed E-state index contributed by atoms with van der Waals surface area (Å²) in [6.45, 7) is -3.37. The maximum Gasteiger partial charge on any atom is 0.469 e. The molecule has 0 radical (unpaired) electrons. The van der Waals surface area contributed by atoms with Crippen molar-refractivity contribution in [2.24, 2.45) is 0 Å². The highest BCUT2D eigenvalue weighted by Gasteiger charge is 2.66. The molecular formula is C8H4F15NO. The van der Waals surface area contributed by atoms with E-state index < -0.39 is 54.8 Å². The van der Waals surface area contributed by atoms with E-state index in [2.05, 4.69) is 4.74 Å². The summed E-state index contributed by atoms with van der Waals surface area (Å²) in [4.78, 5) is -3.38. The number of hydrogen-bond donors (Lipinski definition) is 0. The molecule has 2 unspecified atom stereocenters. The lowest BCUT2D eigenvalue weighted by Crippen LogP contribution is -2.59. The molecule has 0 aromatic rings.